The number of carbonyl (C=O) groups excluding carboxylic acids is 1. The molecule has 7 heteroatoms. The minimum Gasteiger partial charge on any atom is -0.383 e. The Morgan fingerprint density at radius 3 is 2.72 bits per heavy atom. The van der Waals surface area contributed by atoms with Crippen molar-refractivity contribution in [1.82, 2.24) is 15.1 Å². The van der Waals surface area contributed by atoms with Gasteiger partial charge in [-0.2, -0.15) is 0 Å². The van der Waals surface area contributed by atoms with Crippen molar-refractivity contribution < 1.29 is 9.53 Å². The fourth-order valence-electron chi connectivity index (χ4n) is 4.60. The van der Waals surface area contributed by atoms with Gasteiger partial charge in [0.2, 0.25) is 5.91 Å². The Kier molecular flexibility index (Phi) is 12.1. The van der Waals surface area contributed by atoms with Crippen LogP contribution in [0, 0.1) is 11.8 Å². The summed E-state index contributed by atoms with van der Waals surface area (Å²) in [7, 11) is 3.54. The first-order valence-electron chi connectivity index (χ1n) is 10.4. The molecule has 0 saturated carbocycles. The molecule has 0 aliphatic carbocycles. The quantitative estimate of drug-likeness (QED) is 0.633. The SMILES string of the molecule is COCCN(C)C(=O)CCC[C@H]1NC[C@@H]2C[C@@H]1CN(Cc1ccccc1)C2.Cl.Cl. The molecule has 5 nitrogen and oxygen atoms in total. The number of piperidine rings is 2. The van der Waals surface area contributed by atoms with Gasteiger partial charge in [0.25, 0.3) is 0 Å². The van der Waals surface area contributed by atoms with Gasteiger partial charge in [0.05, 0.1) is 6.61 Å². The average Bonchev–Trinajstić information content (AvgIpc) is 2.68. The smallest absolute Gasteiger partial charge is 0.222 e. The van der Waals surface area contributed by atoms with E-state index in [1.807, 2.05) is 7.05 Å². The van der Waals surface area contributed by atoms with Crippen LogP contribution in [0.4, 0.5) is 0 Å². The van der Waals surface area contributed by atoms with Crippen LogP contribution in [0.15, 0.2) is 30.3 Å². The number of hydrogen-bond donors (Lipinski definition) is 1. The molecule has 2 fully saturated rings. The second-order valence-corrected chi connectivity index (χ2v) is 8.26. The summed E-state index contributed by atoms with van der Waals surface area (Å²) in [6.07, 6.45) is 4.04. The van der Waals surface area contributed by atoms with Gasteiger partial charge < -0.3 is 15.0 Å². The Bertz CT molecular complexity index is 591. The maximum Gasteiger partial charge on any atom is 0.222 e. The van der Waals surface area contributed by atoms with Crippen LogP contribution in [-0.4, -0.2) is 68.7 Å². The lowest BCUT2D eigenvalue weighted by Crippen LogP contribution is -2.55. The summed E-state index contributed by atoms with van der Waals surface area (Å²) in [6.45, 7) is 5.83. The van der Waals surface area contributed by atoms with Gasteiger partial charge in [0.15, 0.2) is 0 Å². The topological polar surface area (TPSA) is 44.8 Å². The Morgan fingerprint density at radius 2 is 2.00 bits per heavy atom. The second kappa shape index (κ2) is 13.5. The number of hydrogen-bond acceptors (Lipinski definition) is 4. The standard InChI is InChI=1S/C22H35N3O2.2ClH/c1-24(11-12-27-2)22(26)10-6-9-21-20-13-19(14-23-21)16-25(17-20)15-18-7-4-3-5-8-18;;/h3-5,7-8,19-21,23H,6,9-17H2,1-2H3;2*1H/t19-,20+,21+;;/m0../s1. The first kappa shape index (κ1) is 26.2. The van der Waals surface area contributed by atoms with E-state index >= 15 is 0 Å². The molecule has 1 N–H and O–H groups in total. The van der Waals surface area contributed by atoms with E-state index in [0.717, 1.165) is 31.8 Å². The lowest BCUT2D eigenvalue weighted by atomic mass is 9.79. The van der Waals surface area contributed by atoms with Crippen molar-refractivity contribution in [1.29, 1.82) is 0 Å². The van der Waals surface area contributed by atoms with Crippen LogP contribution < -0.4 is 5.32 Å². The molecule has 29 heavy (non-hydrogen) atoms. The number of benzene rings is 1. The normalized spacial score (nSPS) is 23.6. The molecule has 1 amide bonds. The first-order chi connectivity index (χ1) is 13.2. The summed E-state index contributed by atoms with van der Waals surface area (Å²) in [6, 6.07) is 11.4. The number of nitrogens with one attached hydrogen (secondary N) is 1. The van der Waals surface area contributed by atoms with Gasteiger partial charge >= 0.3 is 0 Å². The average molecular weight is 446 g/mol. The van der Waals surface area contributed by atoms with E-state index in [1.54, 1.807) is 12.0 Å². The van der Waals surface area contributed by atoms with Crippen LogP contribution in [-0.2, 0) is 16.1 Å². The van der Waals surface area contributed by atoms with Crippen LogP contribution in [0.5, 0.6) is 0 Å². The molecule has 0 unspecified atom stereocenters. The van der Waals surface area contributed by atoms with Gasteiger partial charge in [0, 0.05) is 52.8 Å². The maximum atomic E-state index is 12.2. The molecule has 2 aliphatic rings. The molecule has 0 aromatic heterocycles. The molecular formula is C22H37Cl2N3O2. The van der Waals surface area contributed by atoms with Gasteiger partial charge in [-0.05, 0) is 43.2 Å². The van der Waals surface area contributed by atoms with E-state index < -0.39 is 0 Å². The van der Waals surface area contributed by atoms with Crippen molar-refractivity contribution in [3.8, 4) is 0 Å². The highest BCUT2D eigenvalue weighted by molar-refractivity contribution is 5.85. The van der Waals surface area contributed by atoms with Crippen molar-refractivity contribution in [2.24, 2.45) is 11.8 Å². The van der Waals surface area contributed by atoms with E-state index in [2.05, 4.69) is 40.5 Å². The Balaban J connectivity index is 0.00000210. The Hall–Kier alpha value is -0.850. The summed E-state index contributed by atoms with van der Waals surface area (Å²) in [5.41, 5.74) is 1.41. The highest BCUT2D eigenvalue weighted by Crippen LogP contribution is 2.31. The van der Waals surface area contributed by atoms with E-state index in [9.17, 15) is 4.79 Å². The number of fused-ring (bicyclic) bond motifs is 2. The molecule has 3 atom stereocenters. The monoisotopic (exact) mass is 445 g/mol. The molecule has 2 aliphatic heterocycles. The predicted octanol–water partition coefficient (Wildman–Crippen LogP) is 3.22. The minimum absolute atomic E-state index is 0. The molecule has 0 spiro atoms. The number of likely N-dealkylation sites (tertiary alicyclic amines) is 1. The number of ether oxygens (including phenoxy) is 1. The summed E-state index contributed by atoms with van der Waals surface area (Å²) < 4.78 is 5.05. The third-order valence-electron chi connectivity index (χ3n) is 6.09. The molecule has 2 saturated heterocycles. The van der Waals surface area contributed by atoms with Crippen molar-refractivity contribution >= 4 is 30.7 Å². The summed E-state index contributed by atoms with van der Waals surface area (Å²) in [5.74, 6) is 1.71. The van der Waals surface area contributed by atoms with Crippen molar-refractivity contribution in [2.45, 2.75) is 38.3 Å². The van der Waals surface area contributed by atoms with Gasteiger partial charge in [-0.1, -0.05) is 30.3 Å². The highest BCUT2D eigenvalue weighted by Gasteiger charge is 2.36. The van der Waals surface area contributed by atoms with Crippen LogP contribution >= 0.6 is 24.8 Å². The zero-order valence-electron chi connectivity index (χ0n) is 17.7. The van der Waals surface area contributed by atoms with Gasteiger partial charge in [-0.25, -0.2) is 0 Å². The number of amides is 1. The van der Waals surface area contributed by atoms with E-state index in [1.165, 1.54) is 25.1 Å². The summed E-state index contributed by atoms with van der Waals surface area (Å²) >= 11 is 0. The molecule has 3 rings (SSSR count). The molecule has 166 valence electrons. The Morgan fingerprint density at radius 1 is 1.24 bits per heavy atom. The third kappa shape index (κ3) is 8.06. The van der Waals surface area contributed by atoms with Crippen molar-refractivity contribution in [2.75, 3.05) is 46.9 Å². The molecule has 0 radical (unpaired) electrons. The second-order valence-electron chi connectivity index (χ2n) is 8.26. The number of carbonyl (C=O) groups is 1. The largest absolute Gasteiger partial charge is 0.383 e. The van der Waals surface area contributed by atoms with E-state index in [4.69, 9.17) is 4.74 Å². The molecule has 1 aromatic rings. The zero-order valence-corrected chi connectivity index (χ0v) is 19.4. The van der Waals surface area contributed by atoms with Gasteiger partial charge in [-0.3, -0.25) is 9.69 Å². The first-order valence-corrected chi connectivity index (χ1v) is 10.4. The van der Waals surface area contributed by atoms with Crippen LogP contribution in [0.2, 0.25) is 0 Å². The molecule has 1 aromatic carbocycles. The third-order valence-corrected chi connectivity index (χ3v) is 6.09. The number of halogens is 2. The minimum atomic E-state index is 0. The fraction of sp³-hybridized carbons (Fsp3) is 0.682. The van der Waals surface area contributed by atoms with Gasteiger partial charge in [-0.15, -0.1) is 24.8 Å². The highest BCUT2D eigenvalue weighted by atomic mass is 35.5. The maximum absolute atomic E-state index is 12.2. The summed E-state index contributed by atoms with van der Waals surface area (Å²) in [4.78, 5) is 16.6. The van der Waals surface area contributed by atoms with Crippen LogP contribution in [0.1, 0.15) is 31.2 Å². The van der Waals surface area contributed by atoms with Crippen LogP contribution in [0.25, 0.3) is 0 Å². The van der Waals surface area contributed by atoms with Gasteiger partial charge in [0.1, 0.15) is 0 Å². The van der Waals surface area contributed by atoms with E-state index in [-0.39, 0.29) is 30.7 Å². The molecule has 2 bridgehead atoms. The lowest BCUT2D eigenvalue weighted by Gasteiger charge is -2.46. The predicted molar refractivity (Wildman–Crippen MR) is 123 cm³/mol. The van der Waals surface area contributed by atoms with E-state index in [0.29, 0.717) is 31.5 Å². The van der Waals surface area contributed by atoms with Crippen molar-refractivity contribution in [3.63, 3.8) is 0 Å². The zero-order chi connectivity index (χ0) is 19.1. The number of nitrogens with zero attached hydrogens (tertiary/aromatic N) is 2. The molecule has 2 heterocycles. The Labute approximate surface area is 188 Å². The molecular weight excluding hydrogens is 409 g/mol. The summed E-state index contributed by atoms with van der Waals surface area (Å²) in [5, 5.41) is 3.77. The number of rotatable bonds is 9. The van der Waals surface area contributed by atoms with Crippen molar-refractivity contribution in [3.05, 3.63) is 35.9 Å². The lowest BCUT2D eigenvalue weighted by molar-refractivity contribution is -0.130. The number of methoxy groups -OCH3 is 1. The fourth-order valence-corrected chi connectivity index (χ4v) is 4.60. The number of likely N-dealkylation sites (N-methyl/N-ethyl adjacent to an activating group) is 1. The van der Waals surface area contributed by atoms with Crippen LogP contribution in [0.3, 0.4) is 0 Å².